The van der Waals surface area contributed by atoms with E-state index in [1.165, 1.54) is 24.0 Å². The highest BCUT2D eigenvalue weighted by Gasteiger charge is 2.39. The molecule has 19 heavy (non-hydrogen) atoms. The Kier molecular flexibility index (Phi) is 3.87. The molecule has 2 fully saturated rings. The molecule has 1 aromatic rings. The van der Waals surface area contributed by atoms with Gasteiger partial charge in [0.1, 0.15) is 0 Å². The van der Waals surface area contributed by atoms with Gasteiger partial charge in [-0.25, -0.2) is 0 Å². The van der Waals surface area contributed by atoms with Crippen LogP contribution in [0.25, 0.3) is 0 Å². The monoisotopic (exact) mass is 260 g/mol. The van der Waals surface area contributed by atoms with Crippen LogP contribution in [0.2, 0.25) is 0 Å². The predicted octanol–water partition coefficient (Wildman–Crippen LogP) is 1.91. The number of nitrogens with one attached hydrogen (secondary N) is 1. The van der Waals surface area contributed by atoms with Gasteiger partial charge in [-0.15, -0.1) is 0 Å². The van der Waals surface area contributed by atoms with Crippen LogP contribution in [0, 0.1) is 6.92 Å². The molecule has 2 aliphatic rings. The number of nitrogens with zero attached hydrogens (tertiary/aromatic N) is 1. The Labute approximate surface area is 115 Å². The summed E-state index contributed by atoms with van der Waals surface area (Å²) >= 11 is 0. The Bertz CT molecular complexity index is 403. The van der Waals surface area contributed by atoms with Gasteiger partial charge < -0.3 is 10.1 Å². The Morgan fingerprint density at radius 2 is 1.68 bits per heavy atom. The summed E-state index contributed by atoms with van der Waals surface area (Å²) in [5.74, 6) is 0. The predicted molar refractivity (Wildman–Crippen MR) is 77.4 cm³/mol. The van der Waals surface area contributed by atoms with E-state index < -0.39 is 0 Å². The molecule has 2 saturated heterocycles. The lowest BCUT2D eigenvalue weighted by Crippen LogP contribution is -2.55. The number of morpholine rings is 1. The number of hydrogen-bond donors (Lipinski definition) is 1. The number of piperidine rings is 1. The molecule has 1 aromatic carbocycles. The molecule has 1 N–H and O–H groups in total. The van der Waals surface area contributed by atoms with Crippen molar-refractivity contribution in [3.8, 4) is 0 Å². The van der Waals surface area contributed by atoms with Gasteiger partial charge in [0.15, 0.2) is 0 Å². The quantitative estimate of drug-likeness (QED) is 0.879. The zero-order chi connectivity index (χ0) is 13.1. The van der Waals surface area contributed by atoms with Crippen LogP contribution < -0.4 is 5.32 Å². The molecule has 0 aromatic heterocycles. The Balaban J connectivity index is 1.93. The number of rotatable bonds is 2. The van der Waals surface area contributed by atoms with E-state index in [-0.39, 0.29) is 5.54 Å². The molecule has 3 nitrogen and oxygen atoms in total. The summed E-state index contributed by atoms with van der Waals surface area (Å²) < 4.78 is 5.53. The van der Waals surface area contributed by atoms with Gasteiger partial charge in [-0.1, -0.05) is 29.8 Å². The average Bonchev–Trinajstić information content (AvgIpc) is 2.49. The third kappa shape index (κ3) is 2.55. The molecular weight excluding hydrogens is 236 g/mol. The fourth-order valence-corrected chi connectivity index (χ4v) is 3.48. The van der Waals surface area contributed by atoms with E-state index in [1.807, 2.05) is 0 Å². The summed E-state index contributed by atoms with van der Waals surface area (Å²) in [5, 5.41) is 3.50. The van der Waals surface area contributed by atoms with Crippen LogP contribution in [-0.2, 0) is 10.3 Å². The molecule has 2 aliphatic heterocycles. The fourth-order valence-electron chi connectivity index (χ4n) is 3.48. The van der Waals surface area contributed by atoms with Crippen molar-refractivity contribution in [1.29, 1.82) is 0 Å². The van der Waals surface area contributed by atoms with Crippen LogP contribution >= 0.6 is 0 Å². The molecule has 3 heteroatoms. The minimum atomic E-state index is 0.225. The topological polar surface area (TPSA) is 24.5 Å². The first-order chi connectivity index (χ1) is 9.31. The second kappa shape index (κ2) is 5.61. The first-order valence-electron chi connectivity index (χ1n) is 7.42. The van der Waals surface area contributed by atoms with E-state index in [0.717, 1.165) is 39.4 Å². The van der Waals surface area contributed by atoms with Gasteiger partial charge >= 0.3 is 0 Å². The van der Waals surface area contributed by atoms with Crippen molar-refractivity contribution in [2.45, 2.75) is 25.3 Å². The van der Waals surface area contributed by atoms with E-state index in [4.69, 9.17) is 4.74 Å². The third-order valence-corrected chi connectivity index (χ3v) is 4.64. The van der Waals surface area contributed by atoms with Crippen molar-refractivity contribution in [3.63, 3.8) is 0 Å². The molecule has 0 atom stereocenters. The maximum Gasteiger partial charge on any atom is 0.0594 e. The summed E-state index contributed by atoms with van der Waals surface area (Å²) in [6.45, 7) is 8.27. The lowest BCUT2D eigenvalue weighted by molar-refractivity contribution is -0.0376. The summed E-state index contributed by atoms with van der Waals surface area (Å²) in [6.07, 6.45) is 2.41. The molecular formula is C16H24N2O. The van der Waals surface area contributed by atoms with Crippen molar-refractivity contribution < 1.29 is 4.74 Å². The molecule has 0 radical (unpaired) electrons. The Morgan fingerprint density at radius 3 is 2.32 bits per heavy atom. The Morgan fingerprint density at radius 1 is 1.05 bits per heavy atom. The lowest BCUT2D eigenvalue weighted by Gasteiger charge is -2.48. The molecule has 2 heterocycles. The normalized spacial score (nSPS) is 24.3. The molecule has 0 amide bonds. The standard InChI is InChI=1S/C16H24N2O/c1-14-2-4-15(5-3-14)16(6-8-17-9-7-16)18-10-12-19-13-11-18/h2-5,17H,6-13H2,1H3. The first kappa shape index (κ1) is 13.1. The highest BCUT2D eigenvalue weighted by molar-refractivity contribution is 5.29. The third-order valence-electron chi connectivity index (χ3n) is 4.64. The highest BCUT2D eigenvalue weighted by Crippen LogP contribution is 2.37. The molecule has 0 bridgehead atoms. The number of aryl methyl sites for hydroxylation is 1. The van der Waals surface area contributed by atoms with Crippen LogP contribution in [0.3, 0.4) is 0 Å². The van der Waals surface area contributed by atoms with Gasteiger partial charge in [-0.05, 0) is 38.4 Å². The van der Waals surface area contributed by atoms with Crippen LogP contribution in [0.1, 0.15) is 24.0 Å². The van der Waals surface area contributed by atoms with Gasteiger partial charge in [0.05, 0.1) is 13.2 Å². The molecule has 0 spiro atoms. The van der Waals surface area contributed by atoms with E-state index >= 15 is 0 Å². The molecule has 0 saturated carbocycles. The second-order valence-electron chi connectivity index (χ2n) is 5.75. The van der Waals surface area contributed by atoms with Crippen molar-refractivity contribution in [2.24, 2.45) is 0 Å². The SMILES string of the molecule is Cc1ccc(C2(N3CCOCC3)CCNCC2)cc1. The summed E-state index contributed by atoms with van der Waals surface area (Å²) in [6, 6.07) is 9.16. The first-order valence-corrected chi connectivity index (χ1v) is 7.42. The van der Waals surface area contributed by atoms with Gasteiger partial charge in [0, 0.05) is 18.6 Å². The minimum absolute atomic E-state index is 0.225. The molecule has 0 aliphatic carbocycles. The Hall–Kier alpha value is -0.900. The molecule has 3 rings (SSSR count). The van der Waals surface area contributed by atoms with Crippen LogP contribution in [-0.4, -0.2) is 44.3 Å². The number of hydrogen-bond acceptors (Lipinski definition) is 3. The zero-order valence-corrected chi connectivity index (χ0v) is 11.8. The number of ether oxygens (including phenoxy) is 1. The van der Waals surface area contributed by atoms with E-state index in [0.29, 0.717) is 0 Å². The van der Waals surface area contributed by atoms with Crippen molar-refractivity contribution in [3.05, 3.63) is 35.4 Å². The molecule has 104 valence electrons. The fraction of sp³-hybridized carbons (Fsp3) is 0.625. The maximum absolute atomic E-state index is 5.53. The maximum atomic E-state index is 5.53. The van der Waals surface area contributed by atoms with E-state index in [9.17, 15) is 0 Å². The van der Waals surface area contributed by atoms with E-state index in [2.05, 4.69) is 41.4 Å². The van der Waals surface area contributed by atoms with Crippen LogP contribution in [0.15, 0.2) is 24.3 Å². The van der Waals surface area contributed by atoms with Crippen molar-refractivity contribution >= 4 is 0 Å². The molecule has 0 unspecified atom stereocenters. The van der Waals surface area contributed by atoms with Gasteiger partial charge in [0.2, 0.25) is 0 Å². The lowest BCUT2D eigenvalue weighted by atomic mass is 9.79. The zero-order valence-electron chi connectivity index (χ0n) is 11.8. The largest absolute Gasteiger partial charge is 0.379 e. The average molecular weight is 260 g/mol. The summed E-state index contributed by atoms with van der Waals surface area (Å²) in [5.41, 5.74) is 3.05. The van der Waals surface area contributed by atoms with Crippen LogP contribution in [0.4, 0.5) is 0 Å². The smallest absolute Gasteiger partial charge is 0.0594 e. The van der Waals surface area contributed by atoms with Crippen molar-refractivity contribution in [1.82, 2.24) is 10.2 Å². The second-order valence-corrected chi connectivity index (χ2v) is 5.75. The summed E-state index contributed by atoms with van der Waals surface area (Å²) in [4.78, 5) is 2.65. The van der Waals surface area contributed by atoms with Gasteiger partial charge in [-0.3, -0.25) is 4.90 Å². The number of benzene rings is 1. The van der Waals surface area contributed by atoms with Gasteiger partial charge in [-0.2, -0.15) is 0 Å². The van der Waals surface area contributed by atoms with Gasteiger partial charge in [0.25, 0.3) is 0 Å². The van der Waals surface area contributed by atoms with Crippen molar-refractivity contribution in [2.75, 3.05) is 39.4 Å². The van der Waals surface area contributed by atoms with E-state index in [1.54, 1.807) is 0 Å². The highest BCUT2D eigenvalue weighted by atomic mass is 16.5. The van der Waals surface area contributed by atoms with Crippen LogP contribution in [0.5, 0.6) is 0 Å². The summed E-state index contributed by atoms with van der Waals surface area (Å²) in [7, 11) is 0. The minimum Gasteiger partial charge on any atom is -0.379 e.